The molecule has 0 unspecified atom stereocenters. The number of carbonyl (C=O) groups is 1. The van der Waals surface area contributed by atoms with E-state index in [1.807, 2.05) is 0 Å². The molecule has 0 aliphatic heterocycles. The molecule has 2 rings (SSSR count). The van der Waals surface area contributed by atoms with E-state index >= 15 is 0 Å². The van der Waals surface area contributed by atoms with Gasteiger partial charge in [-0.1, -0.05) is 29.3 Å². The maximum absolute atomic E-state index is 12.2. The third-order valence-corrected chi connectivity index (χ3v) is 3.59. The monoisotopic (exact) mass is 325 g/mol. The molecule has 1 aromatic carbocycles. The Morgan fingerprint density at radius 1 is 1.24 bits per heavy atom. The smallest absolute Gasteiger partial charge is 0.343 e. The van der Waals surface area contributed by atoms with Crippen LogP contribution in [0.1, 0.15) is 22.8 Å². The molecule has 0 radical (unpaired) electrons. The lowest BCUT2D eigenvalue weighted by atomic mass is 10.2. The molecular weight excluding hydrogens is 313 g/mol. The van der Waals surface area contributed by atoms with Gasteiger partial charge in [0, 0.05) is 6.20 Å². The summed E-state index contributed by atoms with van der Waals surface area (Å²) in [5.74, 6) is -0.619. The number of aromatic nitrogens is 1. The van der Waals surface area contributed by atoms with Gasteiger partial charge in [0.05, 0.1) is 23.2 Å². The van der Waals surface area contributed by atoms with Gasteiger partial charge in [-0.3, -0.25) is 4.79 Å². The number of esters is 1. The van der Waals surface area contributed by atoms with E-state index < -0.39 is 11.5 Å². The van der Waals surface area contributed by atoms with Gasteiger partial charge in [0.15, 0.2) is 0 Å². The highest BCUT2D eigenvalue weighted by atomic mass is 35.5. The van der Waals surface area contributed by atoms with Crippen LogP contribution in [0.3, 0.4) is 0 Å². The predicted octanol–water partition coefficient (Wildman–Crippen LogP) is 3.38. The van der Waals surface area contributed by atoms with Crippen LogP contribution in [0.25, 0.3) is 0 Å². The topological polar surface area (TPSA) is 48.3 Å². The molecule has 0 amide bonds. The van der Waals surface area contributed by atoms with Gasteiger partial charge in [0.2, 0.25) is 0 Å². The molecule has 110 valence electrons. The lowest BCUT2D eigenvalue weighted by Gasteiger charge is -2.08. The van der Waals surface area contributed by atoms with Crippen LogP contribution < -0.4 is 5.56 Å². The highest BCUT2D eigenvalue weighted by molar-refractivity contribution is 6.42. The first-order valence-electron chi connectivity index (χ1n) is 6.33. The summed E-state index contributed by atoms with van der Waals surface area (Å²) < 4.78 is 6.28. The molecule has 0 saturated carbocycles. The second-order valence-electron chi connectivity index (χ2n) is 4.32. The number of benzene rings is 1. The summed E-state index contributed by atoms with van der Waals surface area (Å²) >= 11 is 11.8. The Kier molecular flexibility index (Phi) is 5.04. The van der Waals surface area contributed by atoms with Crippen molar-refractivity contribution in [2.75, 3.05) is 6.61 Å². The van der Waals surface area contributed by atoms with Gasteiger partial charge in [0.25, 0.3) is 5.56 Å². The lowest BCUT2D eigenvalue weighted by molar-refractivity contribution is 0.0523. The Hall–Kier alpha value is -1.78. The Morgan fingerprint density at radius 3 is 2.67 bits per heavy atom. The molecule has 0 bridgehead atoms. The van der Waals surface area contributed by atoms with Crippen molar-refractivity contribution in [2.24, 2.45) is 0 Å². The quantitative estimate of drug-likeness (QED) is 0.809. The molecule has 0 spiro atoms. The summed E-state index contributed by atoms with van der Waals surface area (Å²) in [5.41, 5.74) is 0.425. The zero-order chi connectivity index (χ0) is 15.4. The second kappa shape index (κ2) is 6.78. The summed E-state index contributed by atoms with van der Waals surface area (Å²) in [7, 11) is 0. The molecule has 1 aromatic heterocycles. The average molecular weight is 326 g/mol. The number of carbonyl (C=O) groups excluding carboxylic acids is 1. The second-order valence-corrected chi connectivity index (χ2v) is 5.14. The molecule has 21 heavy (non-hydrogen) atoms. The first-order valence-corrected chi connectivity index (χ1v) is 7.09. The summed E-state index contributed by atoms with van der Waals surface area (Å²) in [5, 5.41) is 0.872. The fourth-order valence-electron chi connectivity index (χ4n) is 1.86. The maximum Gasteiger partial charge on any atom is 0.343 e. The van der Waals surface area contributed by atoms with Crippen molar-refractivity contribution in [2.45, 2.75) is 13.5 Å². The summed E-state index contributed by atoms with van der Waals surface area (Å²) in [4.78, 5) is 23.9. The van der Waals surface area contributed by atoms with Crippen molar-refractivity contribution in [3.05, 3.63) is 68.1 Å². The number of nitrogens with zero attached hydrogens (tertiary/aromatic N) is 1. The molecule has 0 fully saturated rings. The van der Waals surface area contributed by atoms with Gasteiger partial charge in [-0.25, -0.2) is 4.79 Å². The Morgan fingerprint density at radius 2 is 2.00 bits per heavy atom. The highest BCUT2D eigenvalue weighted by Crippen LogP contribution is 2.22. The zero-order valence-electron chi connectivity index (χ0n) is 11.3. The van der Waals surface area contributed by atoms with Crippen LogP contribution in [0.2, 0.25) is 10.0 Å². The van der Waals surface area contributed by atoms with E-state index in [-0.39, 0.29) is 12.2 Å². The Balaban J connectivity index is 2.32. The molecule has 0 N–H and O–H groups in total. The fourth-order valence-corrected chi connectivity index (χ4v) is 2.18. The van der Waals surface area contributed by atoms with Gasteiger partial charge >= 0.3 is 5.97 Å². The third-order valence-electron chi connectivity index (χ3n) is 2.85. The fraction of sp³-hybridized carbons (Fsp3) is 0.200. The molecule has 0 atom stereocenters. The minimum absolute atomic E-state index is 0.0133. The third kappa shape index (κ3) is 3.65. The molecule has 6 heteroatoms. The van der Waals surface area contributed by atoms with Crippen molar-refractivity contribution < 1.29 is 9.53 Å². The van der Waals surface area contributed by atoms with Crippen molar-refractivity contribution in [3.63, 3.8) is 0 Å². The van der Waals surface area contributed by atoms with E-state index in [4.69, 9.17) is 27.9 Å². The number of hydrogen-bond donors (Lipinski definition) is 0. The van der Waals surface area contributed by atoms with E-state index in [0.29, 0.717) is 16.6 Å². The Labute approximate surface area is 131 Å². The molecular formula is C15H13Cl2NO3. The minimum Gasteiger partial charge on any atom is -0.462 e. The van der Waals surface area contributed by atoms with Crippen LogP contribution in [-0.4, -0.2) is 17.1 Å². The summed E-state index contributed by atoms with van der Waals surface area (Å²) in [6.07, 6.45) is 1.60. The molecule has 4 nitrogen and oxygen atoms in total. The van der Waals surface area contributed by atoms with Crippen LogP contribution in [0.4, 0.5) is 0 Å². The van der Waals surface area contributed by atoms with Gasteiger partial charge in [0.1, 0.15) is 5.56 Å². The lowest BCUT2D eigenvalue weighted by Crippen LogP contribution is -2.27. The SMILES string of the molecule is CCOC(=O)c1cccn(Cc2ccc(Cl)c(Cl)c2)c1=O. The largest absolute Gasteiger partial charge is 0.462 e. The molecule has 2 aromatic rings. The van der Waals surface area contributed by atoms with Crippen LogP contribution >= 0.6 is 23.2 Å². The summed E-state index contributed by atoms with van der Waals surface area (Å²) in [6, 6.07) is 8.21. The van der Waals surface area contributed by atoms with E-state index in [9.17, 15) is 9.59 Å². The number of pyridine rings is 1. The predicted molar refractivity (Wildman–Crippen MR) is 82.2 cm³/mol. The normalized spacial score (nSPS) is 10.4. The van der Waals surface area contributed by atoms with Gasteiger partial charge in [-0.2, -0.15) is 0 Å². The van der Waals surface area contributed by atoms with E-state index in [1.165, 1.54) is 10.6 Å². The first kappa shape index (κ1) is 15.6. The van der Waals surface area contributed by atoms with Gasteiger partial charge in [-0.15, -0.1) is 0 Å². The van der Waals surface area contributed by atoms with Crippen LogP contribution in [0.15, 0.2) is 41.3 Å². The number of rotatable bonds is 4. The highest BCUT2D eigenvalue weighted by Gasteiger charge is 2.13. The first-order chi connectivity index (χ1) is 10.0. The number of ether oxygens (including phenoxy) is 1. The van der Waals surface area contributed by atoms with Crippen LogP contribution in [0.5, 0.6) is 0 Å². The molecule has 0 aliphatic rings. The Bertz CT molecular complexity index is 725. The van der Waals surface area contributed by atoms with Crippen molar-refractivity contribution in [1.82, 2.24) is 4.57 Å². The molecule has 0 saturated heterocycles. The molecule has 1 heterocycles. The number of hydrogen-bond acceptors (Lipinski definition) is 3. The van der Waals surface area contributed by atoms with Crippen LogP contribution in [0, 0.1) is 0 Å². The van der Waals surface area contributed by atoms with Gasteiger partial charge in [-0.05, 0) is 36.8 Å². The van der Waals surface area contributed by atoms with E-state index in [0.717, 1.165) is 5.56 Å². The summed E-state index contributed by atoms with van der Waals surface area (Å²) in [6.45, 7) is 2.21. The number of halogens is 2. The average Bonchev–Trinajstić information content (AvgIpc) is 2.45. The van der Waals surface area contributed by atoms with E-state index in [2.05, 4.69) is 0 Å². The standard InChI is InChI=1S/C15H13Cl2NO3/c1-2-21-15(20)11-4-3-7-18(14(11)19)9-10-5-6-12(16)13(17)8-10/h3-8H,2,9H2,1H3. The van der Waals surface area contributed by atoms with Crippen LogP contribution in [-0.2, 0) is 11.3 Å². The van der Waals surface area contributed by atoms with Gasteiger partial charge < -0.3 is 9.30 Å². The van der Waals surface area contributed by atoms with Crippen molar-refractivity contribution in [1.29, 1.82) is 0 Å². The molecule has 0 aliphatic carbocycles. The zero-order valence-corrected chi connectivity index (χ0v) is 12.8. The van der Waals surface area contributed by atoms with Crippen molar-refractivity contribution >= 4 is 29.2 Å². The minimum atomic E-state index is -0.619. The van der Waals surface area contributed by atoms with E-state index in [1.54, 1.807) is 37.4 Å². The maximum atomic E-state index is 12.2. The van der Waals surface area contributed by atoms with Crippen molar-refractivity contribution in [3.8, 4) is 0 Å².